The summed E-state index contributed by atoms with van der Waals surface area (Å²) in [7, 11) is 0. The fraction of sp³-hybridized carbons (Fsp3) is 0.500. The minimum Gasteiger partial charge on any atom is -0.374 e. The molecule has 0 amide bonds. The Kier molecular flexibility index (Phi) is 4.73. The fourth-order valence-corrected chi connectivity index (χ4v) is 1.34. The van der Waals surface area contributed by atoms with Crippen LogP contribution < -0.4 is 5.32 Å². The Labute approximate surface area is 107 Å². The molecule has 17 heavy (non-hydrogen) atoms. The van der Waals surface area contributed by atoms with Crippen LogP contribution in [0.1, 0.15) is 26.6 Å². The van der Waals surface area contributed by atoms with E-state index in [1.165, 1.54) is 0 Å². The lowest BCUT2D eigenvalue weighted by Gasteiger charge is -2.20. The van der Waals surface area contributed by atoms with Gasteiger partial charge in [-0.1, -0.05) is 17.5 Å². The number of hydrogen-bond acceptors (Lipinski definition) is 4. The van der Waals surface area contributed by atoms with E-state index in [1.54, 1.807) is 6.07 Å². The maximum atomic E-state index is 5.90. The van der Waals surface area contributed by atoms with E-state index in [0.29, 0.717) is 30.0 Å². The lowest BCUT2D eigenvalue weighted by atomic mass is 10.1. The predicted octanol–water partition coefficient (Wildman–Crippen LogP) is 2.49. The number of halogens is 1. The van der Waals surface area contributed by atoms with E-state index in [9.17, 15) is 0 Å². The third-order valence-corrected chi connectivity index (χ3v) is 2.17. The van der Waals surface area contributed by atoms with Crippen molar-refractivity contribution in [3.63, 3.8) is 0 Å². The summed E-state index contributed by atoms with van der Waals surface area (Å²) in [5.41, 5.74) is -0.486. The molecule has 1 heterocycles. The van der Waals surface area contributed by atoms with E-state index in [0.717, 1.165) is 0 Å². The van der Waals surface area contributed by atoms with Crippen LogP contribution in [0.3, 0.4) is 0 Å². The van der Waals surface area contributed by atoms with Gasteiger partial charge >= 0.3 is 0 Å². The molecular formula is C12H16ClN3O. The zero-order valence-corrected chi connectivity index (χ0v) is 11.0. The van der Waals surface area contributed by atoms with Crippen molar-refractivity contribution in [3.8, 4) is 12.3 Å². The topological polar surface area (TPSA) is 47.0 Å². The first-order valence-electron chi connectivity index (χ1n) is 5.34. The van der Waals surface area contributed by atoms with Crippen LogP contribution in [-0.4, -0.2) is 22.1 Å². The van der Waals surface area contributed by atoms with E-state index in [-0.39, 0.29) is 0 Å². The summed E-state index contributed by atoms with van der Waals surface area (Å²) in [5.74, 6) is 3.76. The Morgan fingerprint density at radius 2 is 2.24 bits per heavy atom. The third-order valence-electron chi connectivity index (χ3n) is 1.98. The van der Waals surface area contributed by atoms with Crippen LogP contribution in [0.25, 0.3) is 0 Å². The van der Waals surface area contributed by atoms with Gasteiger partial charge in [0.15, 0.2) is 5.82 Å². The Balaban J connectivity index is 2.86. The maximum absolute atomic E-state index is 5.90. The second-order valence-corrected chi connectivity index (χ2v) is 4.41. The lowest BCUT2D eigenvalue weighted by Crippen LogP contribution is -2.29. The van der Waals surface area contributed by atoms with Crippen LogP contribution >= 0.6 is 11.6 Å². The van der Waals surface area contributed by atoms with Crippen molar-refractivity contribution in [1.82, 2.24) is 9.97 Å². The molecule has 0 aliphatic carbocycles. The predicted molar refractivity (Wildman–Crippen MR) is 68.9 cm³/mol. The highest BCUT2D eigenvalue weighted by atomic mass is 35.5. The molecule has 1 aromatic heterocycles. The number of aromatic nitrogens is 2. The minimum atomic E-state index is -0.486. The number of hydrogen-bond donors (Lipinski definition) is 1. The van der Waals surface area contributed by atoms with Crippen LogP contribution in [0, 0.1) is 12.3 Å². The number of nitrogens with zero attached hydrogens (tertiary/aromatic N) is 2. The van der Waals surface area contributed by atoms with Gasteiger partial charge in [-0.3, -0.25) is 0 Å². The molecule has 0 aromatic carbocycles. The van der Waals surface area contributed by atoms with E-state index in [1.807, 2.05) is 20.8 Å². The molecule has 0 atom stereocenters. The van der Waals surface area contributed by atoms with Gasteiger partial charge in [0.05, 0.1) is 5.54 Å². The molecule has 0 unspecified atom stereocenters. The van der Waals surface area contributed by atoms with Crippen molar-refractivity contribution in [2.45, 2.75) is 32.9 Å². The van der Waals surface area contributed by atoms with Gasteiger partial charge < -0.3 is 10.1 Å². The van der Waals surface area contributed by atoms with Crippen molar-refractivity contribution in [3.05, 3.63) is 17.0 Å². The Bertz CT molecular complexity index is 426. The van der Waals surface area contributed by atoms with Gasteiger partial charge in [0.2, 0.25) is 0 Å². The smallest absolute Gasteiger partial charge is 0.158 e. The molecule has 1 aromatic rings. The highest BCUT2D eigenvalue weighted by molar-refractivity contribution is 6.29. The van der Waals surface area contributed by atoms with Crippen molar-refractivity contribution < 1.29 is 4.74 Å². The highest BCUT2D eigenvalue weighted by Gasteiger charge is 2.15. The van der Waals surface area contributed by atoms with Crippen LogP contribution in [0.5, 0.6) is 0 Å². The van der Waals surface area contributed by atoms with E-state index in [4.69, 9.17) is 22.8 Å². The second kappa shape index (κ2) is 5.85. The first-order chi connectivity index (χ1) is 7.96. The van der Waals surface area contributed by atoms with Crippen molar-refractivity contribution in [1.29, 1.82) is 0 Å². The summed E-state index contributed by atoms with van der Waals surface area (Å²) in [6.07, 6.45) is 5.40. The molecule has 1 rings (SSSR count). The SMILES string of the molecule is C#CC(C)(C)Nc1cc(Cl)nc(COCC)n1. The van der Waals surface area contributed by atoms with Gasteiger partial charge in [-0.05, 0) is 20.8 Å². The van der Waals surface area contributed by atoms with Gasteiger partial charge in [0.25, 0.3) is 0 Å². The van der Waals surface area contributed by atoms with Crippen molar-refractivity contribution in [2.24, 2.45) is 0 Å². The summed E-state index contributed by atoms with van der Waals surface area (Å²) in [4.78, 5) is 8.34. The Morgan fingerprint density at radius 3 is 2.82 bits per heavy atom. The van der Waals surface area contributed by atoms with Crippen molar-refractivity contribution >= 4 is 17.4 Å². The van der Waals surface area contributed by atoms with Gasteiger partial charge in [-0.15, -0.1) is 6.42 Å². The zero-order valence-electron chi connectivity index (χ0n) is 10.2. The van der Waals surface area contributed by atoms with E-state index in [2.05, 4.69) is 21.2 Å². The molecule has 0 saturated heterocycles. The summed E-state index contributed by atoms with van der Waals surface area (Å²) in [6.45, 7) is 6.61. The number of anilines is 1. The molecule has 4 nitrogen and oxygen atoms in total. The number of terminal acetylenes is 1. The molecular weight excluding hydrogens is 238 g/mol. The second-order valence-electron chi connectivity index (χ2n) is 4.02. The Morgan fingerprint density at radius 1 is 1.53 bits per heavy atom. The molecule has 0 saturated carbocycles. The van der Waals surface area contributed by atoms with Crippen LogP contribution in [0.4, 0.5) is 5.82 Å². The average Bonchev–Trinajstić information content (AvgIpc) is 2.25. The van der Waals surface area contributed by atoms with Gasteiger partial charge in [-0.25, -0.2) is 9.97 Å². The number of ether oxygens (including phenoxy) is 1. The van der Waals surface area contributed by atoms with Crippen LogP contribution in [-0.2, 0) is 11.3 Å². The molecule has 0 spiro atoms. The fourth-order valence-electron chi connectivity index (χ4n) is 1.14. The monoisotopic (exact) mass is 253 g/mol. The number of rotatable bonds is 5. The molecule has 0 radical (unpaired) electrons. The average molecular weight is 254 g/mol. The highest BCUT2D eigenvalue weighted by Crippen LogP contribution is 2.16. The van der Waals surface area contributed by atoms with Gasteiger partial charge in [0, 0.05) is 12.7 Å². The van der Waals surface area contributed by atoms with Crippen LogP contribution in [0.2, 0.25) is 5.15 Å². The summed E-state index contributed by atoms with van der Waals surface area (Å²) >= 11 is 5.90. The lowest BCUT2D eigenvalue weighted by molar-refractivity contribution is 0.128. The molecule has 1 N–H and O–H groups in total. The van der Waals surface area contributed by atoms with Crippen LogP contribution in [0.15, 0.2) is 6.07 Å². The first-order valence-corrected chi connectivity index (χ1v) is 5.72. The summed E-state index contributed by atoms with van der Waals surface area (Å²) in [6, 6.07) is 1.64. The van der Waals surface area contributed by atoms with E-state index >= 15 is 0 Å². The minimum absolute atomic E-state index is 0.336. The quantitative estimate of drug-likeness (QED) is 0.647. The molecule has 0 fully saturated rings. The zero-order chi connectivity index (χ0) is 12.9. The molecule has 0 bridgehead atoms. The normalized spacial score (nSPS) is 11.0. The van der Waals surface area contributed by atoms with Crippen molar-refractivity contribution in [2.75, 3.05) is 11.9 Å². The Hall–Kier alpha value is -1.31. The molecule has 0 aliphatic heterocycles. The first kappa shape index (κ1) is 13.8. The van der Waals surface area contributed by atoms with E-state index < -0.39 is 5.54 Å². The number of nitrogens with one attached hydrogen (secondary N) is 1. The molecule has 0 aliphatic rings. The largest absolute Gasteiger partial charge is 0.374 e. The summed E-state index contributed by atoms with van der Waals surface area (Å²) < 4.78 is 5.23. The summed E-state index contributed by atoms with van der Waals surface area (Å²) in [5, 5.41) is 3.46. The standard InChI is InChI=1S/C12H16ClN3O/c1-5-12(3,4)16-10-7-9(13)14-11(15-10)8-17-6-2/h1,7H,6,8H2,2-4H3,(H,14,15,16). The van der Waals surface area contributed by atoms with Gasteiger partial charge in [0.1, 0.15) is 17.6 Å². The third kappa shape index (κ3) is 4.59. The molecule has 5 heteroatoms. The van der Waals surface area contributed by atoms with Gasteiger partial charge in [-0.2, -0.15) is 0 Å². The maximum Gasteiger partial charge on any atom is 0.158 e. The molecule has 92 valence electrons.